The summed E-state index contributed by atoms with van der Waals surface area (Å²) in [6.07, 6.45) is 0.488. The highest BCUT2D eigenvalue weighted by Gasteiger charge is 2.35. The number of nitrogens with zero attached hydrogens (tertiary/aromatic N) is 1. The van der Waals surface area contributed by atoms with Crippen LogP contribution >= 0.6 is 0 Å². The van der Waals surface area contributed by atoms with E-state index in [0.717, 1.165) is 43.8 Å². The molecule has 2 fully saturated rings. The molecule has 0 unspecified atom stereocenters. The van der Waals surface area contributed by atoms with Crippen LogP contribution in [0.4, 0.5) is 24.5 Å². The predicted molar refractivity (Wildman–Crippen MR) is 73.5 cm³/mol. The summed E-state index contributed by atoms with van der Waals surface area (Å²) in [7, 11) is 0. The number of rotatable bonds is 2. The standard InChI is InChI=1S/C15H19F3N2/c16-15(17,18)12-3-4-13(19)14(9-12)20-7-5-11(6-8-20)10-1-2-10/h3-4,9-11H,1-2,5-8,19H2. The van der Waals surface area contributed by atoms with Gasteiger partial charge in [0.25, 0.3) is 0 Å². The maximum Gasteiger partial charge on any atom is 0.416 e. The fourth-order valence-corrected chi connectivity index (χ4v) is 3.17. The maximum absolute atomic E-state index is 12.8. The van der Waals surface area contributed by atoms with E-state index in [1.54, 1.807) is 0 Å². The van der Waals surface area contributed by atoms with Gasteiger partial charge in [0.1, 0.15) is 0 Å². The third-order valence-corrected chi connectivity index (χ3v) is 4.53. The first-order chi connectivity index (χ1) is 9.45. The van der Waals surface area contributed by atoms with Crippen LogP contribution in [0.5, 0.6) is 0 Å². The second kappa shape index (κ2) is 4.86. The van der Waals surface area contributed by atoms with Gasteiger partial charge in [0, 0.05) is 13.1 Å². The van der Waals surface area contributed by atoms with Crippen molar-refractivity contribution >= 4 is 11.4 Å². The molecule has 0 bridgehead atoms. The Morgan fingerprint density at radius 2 is 1.60 bits per heavy atom. The van der Waals surface area contributed by atoms with Crippen molar-refractivity contribution < 1.29 is 13.2 Å². The summed E-state index contributed by atoms with van der Waals surface area (Å²) in [6.45, 7) is 1.62. The van der Waals surface area contributed by atoms with Crippen molar-refractivity contribution in [2.45, 2.75) is 31.9 Å². The Labute approximate surface area is 116 Å². The number of benzene rings is 1. The summed E-state index contributed by atoms with van der Waals surface area (Å²) >= 11 is 0. The van der Waals surface area contributed by atoms with Crippen molar-refractivity contribution in [3.63, 3.8) is 0 Å². The molecular weight excluding hydrogens is 265 g/mol. The van der Waals surface area contributed by atoms with Crippen LogP contribution in [0.25, 0.3) is 0 Å². The van der Waals surface area contributed by atoms with E-state index in [1.165, 1.54) is 25.0 Å². The van der Waals surface area contributed by atoms with Gasteiger partial charge in [0.2, 0.25) is 0 Å². The van der Waals surface area contributed by atoms with E-state index in [-0.39, 0.29) is 0 Å². The average Bonchev–Trinajstić information content (AvgIpc) is 3.22. The van der Waals surface area contributed by atoms with Gasteiger partial charge in [-0.15, -0.1) is 0 Å². The van der Waals surface area contributed by atoms with Crippen LogP contribution in [-0.2, 0) is 6.18 Å². The SMILES string of the molecule is Nc1ccc(C(F)(F)F)cc1N1CCC(C2CC2)CC1. The number of halogens is 3. The van der Waals surface area contributed by atoms with Crippen molar-refractivity contribution in [1.82, 2.24) is 0 Å². The van der Waals surface area contributed by atoms with Crippen LogP contribution in [0, 0.1) is 11.8 Å². The molecule has 0 atom stereocenters. The van der Waals surface area contributed by atoms with Gasteiger partial charge in [0.15, 0.2) is 0 Å². The Balaban J connectivity index is 1.76. The monoisotopic (exact) mass is 284 g/mol. The van der Waals surface area contributed by atoms with E-state index in [4.69, 9.17) is 5.73 Å². The minimum Gasteiger partial charge on any atom is -0.397 e. The fraction of sp³-hybridized carbons (Fsp3) is 0.600. The molecule has 1 saturated heterocycles. The zero-order chi connectivity index (χ0) is 14.3. The first-order valence-electron chi connectivity index (χ1n) is 7.17. The summed E-state index contributed by atoms with van der Waals surface area (Å²) in [5.41, 5.74) is 6.21. The zero-order valence-electron chi connectivity index (χ0n) is 11.3. The maximum atomic E-state index is 12.8. The Hall–Kier alpha value is -1.39. The summed E-state index contributed by atoms with van der Waals surface area (Å²) in [4.78, 5) is 2.00. The number of nitrogens with two attached hydrogens (primary N) is 1. The Kier molecular flexibility index (Phi) is 3.30. The van der Waals surface area contributed by atoms with Crippen molar-refractivity contribution in [2.75, 3.05) is 23.7 Å². The molecule has 3 rings (SSSR count). The number of hydrogen-bond donors (Lipinski definition) is 1. The van der Waals surface area contributed by atoms with Crippen molar-refractivity contribution in [3.8, 4) is 0 Å². The Bertz CT molecular complexity index is 486. The lowest BCUT2D eigenvalue weighted by molar-refractivity contribution is -0.137. The smallest absolute Gasteiger partial charge is 0.397 e. The normalized spacial score (nSPS) is 21.2. The summed E-state index contributed by atoms with van der Waals surface area (Å²) in [5, 5.41) is 0. The highest BCUT2D eigenvalue weighted by molar-refractivity contribution is 5.69. The minimum atomic E-state index is -4.31. The van der Waals surface area contributed by atoms with Gasteiger partial charge in [-0.2, -0.15) is 13.2 Å². The second-order valence-electron chi connectivity index (χ2n) is 5.93. The van der Waals surface area contributed by atoms with Gasteiger partial charge >= 0.3 is 6.18 Å². The number of hydrogen-bond acceptors (Lipinski definition) is 2. The van der Waals surface area contributed by atoms with Crippen molar-refractivity contribution in [2.24, 2.45) is 11.8 Å². The minimum absolute atomic E-state index is 0.433. The highest BCUT2D eigenvalue weighted by atomic mass is 19.4. The topological polar surface area (TPSA) is 29.3 Å². The number of anilines is 2. The summed E-state index contributed by atoms with van der Waals surface area (Å²) < 4.78 is 38.4. The fourth-order valence-electron chi connectivity index (χ4n) is 3.17. The molecular formula is C15H19F3N2. The van der Waals surface area contributed by atoms with E-state index < -0.39 is 11.7 Å². The van der Waals surface area contributed by atoms with E-state index in [9.17, 15) is 13.2 Å². The van der Waals surface area contributed by atoms with Crippen LogP contribution < -0.4 is 10.6 Å². The van der Waals surface area contributed by atoms with Gasteiger partial charge in [0.05, 0.1) is 16.9 Å². The first kappa shape index (κ1) is 13.6. The molecule has 0 radical (unpaired) electrons. The third-order valence-electron chi connectivity index (χ3n) is 4.53. The number of alkyl halides is 3. The van der Waals surface area contributed by atoms with Crippen LogP contribution in [0.2, 0.25) is 0 Å². The zero-order valence-corrected chi connectivity index (χ0v) is 11.3. The summed E-state index contributed by atoms with van der Waals surface area (Å²) in [5.74, 6) is 1.63. The molecule has 2 nitrogen and oxygen atoms in total. The molecule has 1 aromatic carbocycles. The van der Waals surface area contributed by atoms with Gasteiger partial charge in [-0.25, -0.2) is 0 Å². The third kappa shape index (κ3) is 2.72. The predicted octanol–water partition coefficient (Wildman–Crippen LogP) is 3.91. The van der Waals surface area contributed by atoms with E-state index >= 15 is 0 Å². The van der Waals surface area contributed by atoms with Gasteiger partial charge < -0.3 is 10.6 Å². The van der Waals surface area contributed by atoms with Gasteiger partial charge in [-0.3, -0.25) is 0 Å². The van der Waals surface area contributed by atoms with Crippen molar-refractivity contribution in [3.05, 3.63) is 23.8 Å². The van der Waals surface area contributed by atoms with Crippen LogP contribution in [0.15, 0.2) is 18.2 Å². The summed E-state index contributed by atoms with van der Waals surface area (Å²) in [6, 6.07) is 3.60. The molecule has 1 aliphatic carbocycles. The number of nitrogen functional groups attached to an aromatic ring is 1. The molecule has 0 amide bonds. The second-order valence-corrected chi connectivity index (χ2v) is 5.93. The quantitative estimate of drug-likeness (QED) is 0.834. The van der Waals surface area contributed by atoms with E-state index in [1.807, 2.05) is 4.90 Å². The van der Waals surface area contributed by atoms with E-state index in [2.05, 4.69) is 0 Å². The molecule has 110 valence electrons. The van der Waals surface area contributed by atoms with Crippen LogP contribution in [0.3, 0.4) is 0 Å². The van der Waals surface area contributed by atoms with Crippen molar-refractivity contribution in [1.29, 1.82) is 0 Å². The highest BCUT2D eigenvalue weighted by Crippen LogP contribution is 2.43. The average molecular weight is 284 g/mol. The molecule has 0 aromatic heterocycles. The lowest BCUT2D eigenvalue weighted by Crippen LogP contribution is -2.34. The molecule has 1 heterocycles. The Morgan fingerprint density at radius 1 is 1.00 bits per heavy atom. The lowest BCUT2D eigenvalue weighted by atomic mass is 9.91. The first-order valence-corrected chi connectivity index (χ1v) is 7.17. The van der Waals surface area contributed by atoms with Crippen LogP contribution in [-0.4, -0.2) is 13.1 Å². The van der Waals surface area contributed by atoms with Gasteiger partial charge in [-0.05, 0) is 55.7 Å². The molecule has 1 saturated carbocycles. The molecule has 5 heteroatoms. The molecule has 1 aromatic rings. The molecule has 0 spiro atoms. The lowest BCUT2D eigenvalue weighted by Gasteiger charge is -2.34. The number of piperidine rings is 1. The molecule has 2 N–H and O–H groups in total. The van der Waals surface area contributed by atoms with Gasteiger partial charge in [-0.1, -0.05) is 0 Å². The molecule has 1 aliphatic heterocycles. The molecule has 20 heavy (non-hydrogen) atoms. The Morgan fingerprint density at radius 3 is 2.15 bits per heavy atom. The van der Waals surface area contributed by atoms with Crippen LogP contribution in [0.1, 0.15) is 31.2 Å². The van der Waals surface area contributed by atoms with E-state index in [0.29, 0.717) is 11.4 Å². The largest absolute Gasteiger partial charge is 0.416 e. The molecule has 2 aliphatic rings.